The first kappa shape index (κ1) is 37.8. The minimum Gasteiger partial charge on any atom is -1.00 e. The molecule has 0 bridgehead atoms. The minimum absolute atomic E-state index is 0. The normalized spacial score (nSPS) is 14.6. The zero-order valence-electron chi connectivity index (χ0n) is 28.6. The van der Waals surface area contributed by atoms with Gasteiger partial charge in [0.25, 0.3) is 0 Å². The first-order valence-electron chi connectivity index (χ1n) is 17.1. The molecule has 2 heterocycles. The molecule has 0 saturated carbocycles. The predicted octanol–water partition coefficient (Wildman–Crippen LogP) is 5.73. The van der Waals surface area contributed by atoms with E-state index in [0.717, 1.165) is 11.4 Å². The topological polar surface area (TPSA) is 25.8 Å². The van der Waals surface area contributed by atoms with Gasteiger partial charge in [0.2, 0.25) is 0 Å². The maximum absolute atomic E-state index is 4.53. The summed E-state index contributed by atoms with van der Waals surface area (Å²) in [4.78, 5) is 9.06. The Morgan fingerprint density at radius 2 is 0.755 bits per heavy atom. The quantitative estimate of drug-likeness (QED) is 0.213. The molecule has 53 heavy (non-hydrogen) atoms. The van der Waals surface area contributed by atoms with Gasteiger partial charge >= 0.3 is 26.2 Å². The number of rotatable bonds is 4. The zero-order valence-corrected chi connectivity index (χ0v) is 32.6. The van der Waals surface area contributed by atoms with Crippen LogP contribution in [0.3, 0.4) is 0 Å². The first-order chi connectivity index (χ1) is 24.8. The average molecular weight is 799 g/mol. The fourth-order valence-electron chi connectivity index (χ4n) is 7.48. The summed E-state index contributed by atoms with van der Waals surface area (Å²) in [5.74, 6) is 0.234. The third kappa shape index (κ3) is 7.23. The molecular weight excluding hydrogens is 767 g/mol. The van der Waals surface area contributed by atoms with E-state index in [0.29, 0.717) is 0 Å². The second-order valence-electron chi connectivity index (χ2n) is 12.7. The van der Waals surface area contributed by atoms with Crippen molar-refractivity contribution < 1.29 is 51.0 Å². The molecular formula is C48H32Cl2N2Zr. The van der Waals surface area contributed by atoms with Crippen LogP contribution in [0, 0.1) is 12.2 Å². The second-order valence-corrected chi connectivity index (χ2v) is 12.7. The van der Waals surface area contributed by atoms with Crippen LogP contribution < -0.4 is 24.8 Å². The zero-order chi connectivity index (χ0) is 33.3. The predicted molar refractivity (Wildman–Crippen MR) is 206 cm³/mol. The molecule has 2 aromatic heterocycles. The first-order valence-corrected chi connectivity index (χ1v) is 17.1. The molecule has 8 aromatic rings. The molecule has 0 aliphatic heterocycles. The van der Waals surface area contributed by atoms with Crippen molar-refractivity contribution in [1.29, 1.82) is 0 Å². The summed E-state index contributed by atoms with van der Waals surface area (Å²) < 4.78 is 0. The van der Waals surface area contributed by atoms with Crippen LogP contribution >= 0.6 is 0 Å². The van der Waals surface area contributed by atoms with E-state index in [1.807, 2.05) is 36.7 Å². The van der Waals surface area contributed by atoms with E-state index in [1.165, 1.54) is 66.1 Å². The van der Waals surface area contributed by atoms with E-state index in [4.69, 9.17) is 0 Å². The summed E-state index contributed by atoms with van der Waals surface area (Å²) in [5, 5.41) is 5.11. The van der Waals surface area contributed by atoms with Crippen molar-refractivity contribution in [3.8, 4) is 22.3 Å². The van der Waals surface area contributed by atoms with Crippen molar-refractivity contribution in [2.24, 2.45) is 0 Å². The molecule has 0 N–H and O–H groups in total. The van der Waals surface area contributed by atoms with Gasteiger partial charge in [0, 0.05) is 23.8 Å². The summed E-state index contributed by atoms with van der Waals surface area (Å²) >= 11 is 0. The molecule has 0 spiro atoms. The van der Waals surface area contributed by atoms with Gasteiger partial charge in [-0.2, -0.15) is 11.1 Å². The van der Waals surface area contributed by atoms with E-state index in [1.54, 1.807) is 0 Å². The van der Waals surface area contributed by atoms with Crippen LogP contribution in [0.15, 0.2) is 170 Å². The third-order valence-corrected chi connectivity index (χ3v) is 9.82. The standard InChI is InChI=1S/2C24H16N.2ClH.Zr/c2*1-2-9-18-17(7-1)8-5-10-19(18)20-11-6-12-21-22(20)14-15-23(21)24-13-3-4-16-25-24;;;/h2*1-14,16,23H;2*1H;/q2*-1;;;+4/p-2. The van der Waals surface area contributed by atoms with Gasteiger partial charge < -0.3 is 24.8 Å². The number of hydrogen-bond acceptors (Lipinski definition) is 2. The summed E-state index contributed by atoms with van der Waals surface area (Å²) in [6.07, 6.45) is 15.0. The number of benzene rings is 6. The minimum atomic E-state index is 0. The molecule has 2 aliphatic carbocycles. The van der Waals surface area contributed by atoms with Gasteiger partial charge in [0.15, 0.2) is 0 Å². The van der Waals surface area contributed by atoms with Crippen LogP contribution in [0.25, 0.3) is 56.0 Å². The third-order valence-electron chi connectivity index (χ3n) is 9.82. The van der Waals surface area contributed by atoms with Gasteiger partial charge in [-0.25, -0.2) is 12.2 Å². The fourth-order valence-corrected chi connectivity index (χ4v) is 7.48. The fraction of sp³-hybridized carbons (Fsp3) is 0.0417. The Hall–Kier alpha value is -4.92. The maximum atomic E-state index is 4.53. The summed E-state index contributed by atoms with van der Waals surface area (Å²) in [6.45, 7) is 0. The number of allylic oxidation sites excluding steroid dienone is 2. The number of pyridine rings is 2. The molecule has 2 nitrogen and oxygen atoms in total. The van der Waals surface area contributed by atoms with Crippen molar-refractivity contribution in [3.05, 3.63) is 216 Å². The van der Waals surface area contributed by atoms with Crippen molar-refractivity contribution in [2.45, 2.75) is 11.8 Å². The van der Waals surface area contributed by atoms with E-state index in [9.17, 15) is 0 Å². The van der Waals surface area contributed by atoms with Gasteiger partial charge in [0.1, 0.15) is 0 Å². The molecule has 6 aromatic carbocycles. The van der Waals surface area contributed by atoms with E-state index >= 15 is 0 Å². The smallest absolute Gasteiger partial charge is 1.00 e. The van der Waals surface area contributed by atoms with E-state index in [-0.39, 0.29) is 62.9 Å². The van der Waals surface area contributed by atoms with Gasteiger partial charge in [-0.3, -0.25) is 22.1 Å². The monoisotopic (exact) mass is 796 g/mol. The van der Waals surface area contributed by atoms with Crippen molar-refractivity contribution in [2.75, 3.05) is 0 Å². The van der Waals surface area contributed by atoms with E-state index in [2.05, 4.69) is 168 Å². The number of hydrogen-bond donors (Lipinski definition) is 0. The number of halogens is 2. The Kier molecular flexibility index (Phi) is 12.0. The Labute approximate surface area is 342 Å². The van der Waals surface area contributed by atoms with E-state index < -0.39 is 0 Å². The van der Waals surface area contributed by atoms with Crippen molar-refractivity contribution >= 4 is 33.7 Å². The summed E-state index contributed by atoms with van der Waals surface area (Å²) in [5.41, 5.74) is 12.3. The van der Waals surface area contributed by atoms with Crippen LogP contribution in [-0.2, 0) is 26.2 Å². The molecule has 2 unspecified atom stereocenters. The number of fused-ring (bicyclic) bond motifs is 4. The van der Waals surface area contributed by atoms with Crippen LogP contribution in [-0.4, -0.2) is 9.97 Å². The SMILES string of the molecule is [C-]1=Cc2c(-c3cccc4ccccc34)cccc2C1c1ccccn1.[C-]1=Cc2c(-c3cccc4ccccc34)cccc2C1c1ccccn1.[Cl-].[Cl-].[Zr+4]. The average Bonchev–Trinajstić information content (AvgIpc) is 3.84. The largest absolute Gasteiger partial charge is 4.00 e. The molecule has 0 saturated heterocycles. The van der Waals surface area contributed by atoms with Crippen LogP contribution in [0.2, 0.25) is 0 Å². The van der Waals surface area contributed by atoms with Gasteiger partial charge in [-0.15, -0.1) is 11.1 Å². The molecule has 0 amide bonds. The number of nitrogens with zero attached hydrogens (tertiary/aromatic N) is 2. The molecule has 252 valence electrons. The van der Waals surface area contributed by atoms with Crippen LogP contribution in [0.1, 0.15) is 45.5 Å². The Morgan fingerprint density at radius 1 is 0.377 bits per heavy atom. The molecule has 5 heteroatoms. The number of aromatic nitrogens is 2. The Balaban J connectivity index is 0.000000172. The Bertz CT molecular complexity index is 2380. The van der Waals surface area contributed by atoms with Gasteiger partial charge in [-0.05, 0) is 68.8 Å². The van der Waals surface area contributed by atoms with Crippen LogP contribution in [0.5, 0.6) is 0 Å². The molecule has 2 atom stereocenters. The van der Waals surface area contributed by atoms with Crippen molar-refractivity contribution in [1.82, 2.24) is 9.97 Å². The second kappa shape index (κ2) is 16.8. The molecule has 10 rings (SSSR count). The molecule has 2 aliphatic rings. The molecule has 0 radical (unpaired) electrons. The van der Waals surface area contributed by atoms with Crippen molar-refractivity contribution in [3.63, 3.8) is 0 Å². The maximum Gasteiger partial charge on any atom is 4.00 e. The van der Waals surface area contributed by atoms with Crippen LogP contribution in [0.4, 0.5) is 0 Å². The molecule has 0 fully saturated rings. The van der Waals surface area contributed by atoms with Gasteiger partial charge in [-0.1, -0.05) is 145 Å². The Morgan fingerprint density at radius 3 is 1.19 bits per heavy atom. The summed E-state index contributed by atoms with van der Waals surface area (Å²) in [6, 6.07) is 55.4. The van der Waals surface area contributed by atoms with Gasteiger partial charge in [0.05, 0.1) is 0 Å². The summed E-state index contributed by atoms with van der Waals surface area (Å²) in [7, 11) is 0.